The van der Waals surface area contributed by atoms with E-state index in [1.54, 1.807) is 24.3 Å². The van der Waals surface area contributed by atoms with Crippen LogP contribution in [0.15, 0.2) is 48.5 Å². The highest BCUT2D eigenvalue weighted by Crippen LogP contribution is 2.18. The average molecular weight is 351 g/mol. The van der Waals surface area contributed by atoms with E-state index in [4.69, 9.17) is 0 Å². The Kier molecular flexibility index (Phi) is 5.56. The maximum Gasteiger partial charge on any atom is 0.255 e. The lowest BCUT2D eigenvalue weighted by molar-refractivity contribution is 0.0724. The number of likely N-dealkylation sites (tertiary alicyclic amines) is 1. The standard InChI is InChI=1S/C21H25N3O2/c1-23(2)19-11-9-18(10-12-19)22-20(25)16-7-6-8-17(15-16)21(26)24-13-4-3-5-14-24/h6-12,15H,3-5,13-14H2,1-2H3,(H,22,25). The highest BCUT2D eigenvalue weighted by Gasteiger charge is 2.19. The molecule has 1 heterocycles. The van der Waals surface area contributed by atoms with Crippen LogP contribution in [-0.2, 0) is 0 Å². The molecule has 0 spiro atoms. The van der Waals surface area contributed by atoms with Crippen LogP contribution in [-0.4, -0.2) is 43.9 Å². The normalized spacial score (nSPS) is 14.0. The molecule has 136 valence electrons. The smallest absolute Gasteiger partial charge is 0.255 e. The molecule has 5 nitrogen and oxygen atoms in total. The summed E-state index contributed by atoms with van der Waals surface area (Å²) in [4.78, 5) is 29.0. The second-order valence-corrected chi connectivity index (χ2v) is 6.83. The highest BCUT2D eigenvalue weighted by molar-refractivity contribution is 6.06. The van der Waals surface area contributed by atoms with Gasteiger partial charge in [-0.25, -0.2) is 0 Å². The Labute approximate surface area is 154 Å². The van der Waals surface area contributed by atoms with E-state index in [2.05, 4.69) is 5.32 Å². The van der Waals surface area contributed by atoms with Gasteiger partial charge in [0.25, 0.3) is 11.8 Å². The van der Waals surface area contributed by atoms with Crippen molar-refractivity contribution in [1.29, 1.82) is 0 Å². The summed E-state index contributed by atoms with van der Waals surface area (Å²) in [6.45, 7) is 1.60. The maximum absolute atomic E-state index is 12.6. The van der Waals surface area contributed by atoms with Gasteiger partial charge in [-0.3, -0.25) is 9.59 Å². The minimum absolute atomic E-state index is 0.00897. The zero-order chi connectivity index (χ0) is 18.5. The van der Waals surface area contributed by atoms with Gasteiger partial charge in [-0.2, -0.15) is 0 Å². The summed E-state index contributed by atoms with van der Waals surface area (Å²) in [6, 6.07) is 14.6. The van der Waals surface area contributed by atoms with Crippen molar-refractivity contribution >= 4 is 23.2 Å². The lowest BCUT2D eigenvalue weighted by Gasteiger charge is -2.26. The van der Waals surface area contributed by atoms with Crippen LogP contribution in [0, 0.1) is 0 Å². The number of nitrogens with zero attached hydrogens (tertiary/aromatic N) is 2. The van der Waals surface area contributed by atoms with Gasteiger partial charge in [-0.1, -0.05) is 6.07 Å². The van der Waals surface area contributed by atoms with Crippen molar-refractivity contribution in [2.45, 2.75) is 19.3 Å². The van der Waals surface area contributed by atoms with Crippen molar-refractivity contribution in [2.24, 2.45) is 0 Å². The van der Waals surface area contributed by atoms with Crippen molar-refractivity contribution in [3.05, 3.63) is 59.7 Å². The van der Waals surface area contributed by atoms with Gasteiger partial charge >= 0.3 is 0 Å². The lowest BCUT2D eigenvalue weighted by atomic mass is 10.1. The Morgan fingerprint density at radius 1 is 0.923 bits per heavy atom. The molecule has 0 aliphatic carbocycles. The first-order chi connectivity index (χ1) is 12.5. The molecular weight excluding hydrogens is 326 g/mol. The minimum Gasteiger partial charge on any atom is -0.378 e. The van der Waals surface area contributed by atoms with E-state index in [0.29, 0.717) is 11.1 Å². The molecule has 3 rings (SSSR count). The fourth-order valence-electron chi connectivity index (χ4n) is 3.12. The Morgan fingerprint density at radius 3 is 2.23 bits per heavy atom. The molecule has 1 fully saturated rings. The van der Waals surface area contributed by atoms with Gasteiger partial charge in [0, 0.05) is 49.7 Å². The van der Waals surface area contributed by atoms with Crippen LogP contribution in [0.25, 0.3) is 0 Å². The fraction of sp³-hybridized carbons (Fsp3) is 0.333. The summed E-state index contributed by atoms with van der Waals surface area (Å²) in [5, 5.41) is 2.89. The molecule has 26 heavy (non-hydrogen) atoms. The fourth-order valence-corrected chi connectivity index (χ4v) is 3.12. The SMILES string of the molecule is CN(C)c1ccc(NC(=O)c2cccc(C(=O)N3CCCCC3)c2)cc1. The van der Waals surface area contributed by atoms with E-state index < -0.39 is 0 Å². The van der Waals surface area contributed by atoms with Crippen molar-refractivity contribution in [3.8, 4) is 0 Å². The summed E-state index contributed by atoms with van der Waals surface area (Å²) in [7, 11) is 3.94. The van der Waals surface area contributed by atoms with Gasteiger partial charge < -0.3 is 15.1 Å². The van der Waals surface area contributed by atoms with Gasteiger partial charge in [0.1, 0.15) is 0 Å². The number of carbonyl (C=O) groups is 2. The largest absolute Gasteiger partial charge is 0.378 e. The molecule has 1 N–H and O–H groups in total. The quantitative estimate of drug-likeness (QED) is 0.915. The Morgan fingerprint density at radius 2 is 1.58 bits per heavy atom. The van der Waals surface area contributed by atoms with Gasteiger partial charge in [0.2, 0.25) is 0 Å². The number of nitrogens with one attached hydrogen (secondary N) is 1. The third-order valence-corrected chi connectivity index (χ3v) is 4.66. The number of rotatable bonds is 4. The first kappa shape index (κ1) is 18.0. The molecule has 2 aromatic carbocycles. The maximum atomic E-state index is 12.6. The lowest BCUT2D eigenvalue weighted by Crippen LogP contribution is -2.35. The Bertz CT molecular complexity index is 778. The number of carbonyl (C=O) groups excluding carboxylic acids is 2. The second-order valence-electron chi connectivity index (χ2n) is 6.83. The molecule has 0 radical (unpaired) electrons. The molecule has 0 bridgehead atoms. The Hall–Kier alpha value is -2.82. The molecule has 1 aliphatic rings. The van der Waals surface area contributed by atoms with E-state index in [0.717, 1.165) is 37.3 Å². The molecular formula is C21H25N3O2. The van der Waals surface area contributed by atoms with Crippen LogP contribution in [0.2, 0.25) is 0 Å². The molecule has 1 aliphatic heterocycles. The molecule has 5 heteroatoms. The van der Waals surface area contributed by atoms with E-state index in [9.17, 15) is 9.59 Å². The molecule has 0 unspecified atom stereocenters. The van der Waals surface area contributed by atoms with Crippen molar-refractivity contribution in [1.82, 2.24) is 4.90 Å². The van der Waals surface area contributed by atoms with E-state index in [1.807, 2.05) is 48.2 Å². The first-order valence-corrected chi connectivity index (χ1v) is 9.03. The van der Waals surface area contributed by atoms with Gasteiger partial charge in [0.05, 0.1) is 0 Å². The number of piperidine rings is 1. The molecule has 1 saturated heterocycles. The Balaban J connectivity index is 1.70. The minimum atomic E-state index is -0.212. The number of anilines is 2. The van der Waals surface area contributed by atoms with Crippen LogP contribution in [0.3, 0.4) is 0 Å². The summed E-state index contributed by atoms with van der Waals surface area (Å²) in [5.74, 6) is -0.203. The first-order valence-electron chi connectivity index (χ1n) is 9.03. The summed E-state index contributed by atoms with van der Waals surface area (Å²) in [5.41, 5.74) is 2.86. The number of hydrogen-bond donors (Lipinski definition) is 1. The average Bonchev–Trinajstić information content (AvgIpc) is 2.68. The third kappa shape index (κ3) is 4.23. The molecule has 0 saturated carbocycles. The molecule has 2 amide bonds. The summed E-state index contributed by atoms with van der Waals surface area (Å²) in [6.07, 6.45) is 3.28. The number of amides is 2. The zero-order valence-electron chi connectivity index (χ0n) is 15.4. The summed E-state index contributed by atoms with van der Waals surface area (Å²) >= 11 is 0. The third-order valence-electron chi connectivity index (χ3n) is 4.66. The van der Waals surface area contributed by atoms with E-state index >= 15 is 0 Å². The molecule has 2 aromatic rings. The van der Waals surface area contributed by atoms with Gasteiger partial charge in [0.15, 0.2) is 0 Å². The van der Waals surface area contributed by atoms with Gasteiger partial charge in [-0.15, -0.1) is 0 Å². The topological polar surface area (TPSA) is 52.7 Å². The van der Waals surface area contributed by atoms with Crippen LogP contribution in [0.5, 0.6) is 0 Å². The zero-order valence-corrected chi connectivity index (χ0v) is 15.4. The number of benzene rings is 2. The predicted molar refractivity (Wildman–Crippen MR) is 105 cm³/mol. The van der Waals surface area contributed by atoms with Crippen LogP contribution in [0.4, 0.5) is 11.4 Å². The highest BCUT2D eigenvalue weighted by atomic mass is 16.2. The van der Waals surface area contributed by atoms with Crippen LogP contribution < -0.4 is 10.2 Å². The molecule has 0 atom stereocenters. The predicted octanol–water partition coefficient (Wildman–Crippen LogP) is 3.63. The van der Waals surface area contributed by atoms with Gasteiger partial charge in [-0.05, 0) is 61.7 Å². The monoisotopic (exact) mass is 351 g/mol. The van der Waals surface area contributed by atoms with Crippen molar-refractivity contribution in [3.63, 3.8) is 0 Å². The van der Waals surface area contributed by atoms with Crippen LogP contribution in [0.1, 0.15) is 40.0 Å². The summed E-state index contributed by atoms with van der Waals surface area (Å²) < 4.78 is 0. The van der Waals surface area contributed by atoms with Crippen molar-refractivity contribution in [2.75, 3.05) is 37.4 Å². The second kappa shape index (κ2) is 8.04. The number of hydrogen-bond acceptors (Lipinski definition) is 3. The van der Waals surface area contributed by atoms with Crippen LogP contribution >= 0.6 is 0 Å². The molecule has 0 aromatic heterocycles. The van der Waals surface area contributed by atoms with E-state index in [1.165, 1.54) is 6.42 Å². The van der Waals surface area contributed by atoms with E-state index in [-0.39, 0.29) is 11.8 Å². The van der Waals surface area contributed by atoms with Crippen molar-refractivity contribution < 1.29 is 9.59 Å².